The van der Waals surface area contributed by atoms with Crippen LogP contribution in [0.2, 0.25) is 0 Å². The molecule has 0 N–H and O–H groups in total. The van der Waals surface area contributed by atoms with Gasteiger partial charge in [-0.2, -0.15) is 0 Å². The van der Waals surface area contributed by atoms with Gasteiger partial charge in [0.25, 0.3) is 0 Å². The lowest BCUT2D eigenvalue weighted by Gasteiger charge is -1.85. The Bertz CT molecular complexity index is 185. The second kappa shape index (κ2) is 3.02. The highest BCUT2D eigenvalue weighted by Gasteiger charge is 1.86. The van der Waals surface area contributed by atoms with Crippen molar-refractivity contribution in [2.45, 2.75) is 6.42 Å². The van der Waals surface area contributed by atoms with E-state index < -0.39 is 0 Å². The van der Waals surface area contributed by atoms with E-state index in [1.54, 1.807) is 18.2 Å². The van der Waals surface area contributed by atoms with E-state index >= 15 is 0 Å². The average Bonchev–Trinajstić information content (AvgIpc) is 1.79. The molecule has 0 unspecified atom stereocenters. The third-order valence-corrected chi connectivity index (χ3v) is 1.06. The summed E-state index contributed by atoms with van der Waals surface area (Å²) in [5.41, 5.74) is 0. The average molecular weight is 120 g/mol. The Morgan fingerprint density at radius 1 is 1.11 bits per heavy atom. The Morgan fingerprint density at radius 2 is 2.00 bits per heavy atom. The van der Waals surface area contributed by atoms with Crippen LogP contribution in [0.1, 0.15) is 6.42 Å². The van der Waals surface area contributed by atoms with Gasteiger partial charge in [-0.25, -0.2) is 0 Å². The molecule has 0 radical (unpaired) electrons. The normalized spacial score (nSPS) is 28.2. The highest BCUT2D eigenvalue weighted by molar-refractivity contribution is 5.99. The molecule has 0 aromatic heterocycles. The largest absolute Gasteiger partial charge is 0.290 e. The molecule has 1 rings (SSSR count). The van der Waals surface area contributed by atoms with Gasteiger partial charge in [0, 0.05) is 0 Å². The molecule has 0 heterocycles. The van der Waals surface area contributed by atoms with Crippen LogP contribution in [-0.2, 0) is 4.79 Å². The SMILES string of the molecule is O=C1/C=C\C=C/C/C=C\1. The molecule has 0 saturated carbocycles. The Labute approximate surface area is 54.4 Å². The molecule has 1 heteroatoms. The second-order valence-electron chi connectivity index (χ2n) is 1.83. The smallest absolute Gasteiger partial charge is 0.178 e. The first-order chi connectivity index (χ1) is 4.39. The van der Waals surface area contributed by atoms with Crippen LogP contribution >= 0.6 is 0 Å². The van der Waals surface area contributed by atoms with Crippen molar-refractivity contribution in [3.8, 4) is 0 Å². The number of carbonyl (C=O) groups is 1. The van der Waals surface area contributed by atoms with Crippen molar-refractivity contribution in [2.24, 2.45) is 0 Å². The van der Waals surface area contributed by atoms with Crippen molar-refractivity contribution >= 4 is 5.78 Å². The highest BCUT2D eigenvalue weighted by Crippen LogP contribution is 1.92. The second-order valence-corrected chi connectivity index (χ2v) is 1.83. The van der Waals surface area contributed by atoms with Crippen LogP contribution in [0.3, 0.4) is 0 Å². The van der Waals surface area contributed by atoms with E-state index in [9.17, 15) is 4.79 Å². The Morgan fingerprint density at radius 3 is 2.89 bits per heavy atom. The maximum absolute atomic E-state index is 10.6. The zero-order chi connectivity index (χ0) is 6.53. The van der Waals surface area contributed by atoms with E-state index in [0.717, 1.165) is 6.42 Å². The molecular weight excluding hydrogens is 112 g/mol. The zero-order valence-corrected chi connectivity index (χ0v) is 5.08. The molecule has 1 nitrogen and oxygen atoms in total. The van der Waals surface area contributed by atoms with Gasteiger partial charge < -0.3 is 0 Å². The standard InChI is InChI=1S/C8H8O/c9-8-6-4-2-1-3-5-7-8/h1-2,4-7H,3H2/b2-1-,6-4-,7-5-. The van der Waals surface area contributed by atoms with Gasteiger partial charge in [-0.1, -0.05) is 24.3 Å². The quantitative estimate of drug-likeness (QED) is 0.474. The fourth-order valence-corrected chi connectivity index (χ4v) is 0.626. The van der Waals surface area contributed by atoms with E-state index in [1.807, 2.05) is 18.2 Å². The molecule has 0 fully saturated rings. The van der Waals surface area contributed by atoms with Crippen molar-refractivity contribution in [1.29, 1.82) is 0 Å². The maximum atomic E-state index is 10.6. The van der Waals surface area contributed by atoms with E-state index in [0.29, 0.717) is 0 Å². The number of hydrogen-bond acceptors (Lipinski definition) is 1. The minimum Gasteiger partial charge on any atom is -0.290 e. The third kappa shape index (κ3) is 2.08. The number of hydrogen-bond donors (Lipinski definition) is 0. The van der Waals surface area contributed by atoms with Crippen molar-refractivity contribution in [3.05, 3.63) is 36.5 Å². The van der Waals surface area contributed by atoms with Gasteiger partial charge in [-0.15, -0.1) is 0 Å². The van der Waals surface area contributed by atoms with Gasteiger partial charge in [0.1, 0.15) is 0 Å². The van der Waals surface area contributed by atoms with Crippen LogP contribution in [0.15, 0.2) is 36.5 Å². The molecule has 0 amide bonds. The van der Waals surface area contributed by atoms with Gasteiger partial charge in [0.05, 0.1) is 0 Å². The van der Waals surface area contributed by atoms with Gasteiger partial charge >= 0.3 is 0 Å². The summed E-state index contributed by atoms with van der Waals surface area (Å²) in [6.07, 6.45) is 11.5. The first-order valence-electron chi connectivity index (χ1n) is 2.93. The van der Waals surface area contributed by atoms with Gasteiger partial charge in [0.2, 0.25) is 0 Å². The molecule has 0 aliphatic heterocycles. The molecule has 0 spiro atoms. The summed E-state index contributed by atoms with van der Waals surface area (Å²) in [5.74, 6) is 0.0688. The summed E-state index contributed by atoms with van der Waals surface area (Å²) in [4.78, 5) is 10.6. The van der Waals surface area contributed by atoms with Crippen LogP contribution in [0, 0.1) is 0 Å². The summed E-state index contributed by atoms with van der Waals surface area (Å²) in [6, 6.07) is 0. The lowest BCUT2D eigenvalue weighted by Crippen LogP contribution is -1.84. The van der Waals surface area contributed by atoms with Gasteiger partial charge in [-0.05, 0) is 18.6 Å². The van der Waals surface area contributed by atoms with E-state index in [1.165, 1.54) is 0 Å². The van der Waals surface area contributed by atoms with Gasteiger partial charge in [0.15, 0.2) is 5.78 Å². The van der Waals surface area contributed by atoms with Crippen molar-refractivity contribution in [1.82, 2.24) is 0 Å². The predicted octanol–water partition coefficient (Wildman–Crippen LogP) is 1.63. The fraction of sp³-hybridized carbons (Fsp3) is 0.125. The molecule has 46 valence electrons. The summed E-state index contributed by atoms with van der Waals surface area (Å²) in [6.45, 7) is 0. The molecule has 0 saturated heterocycles. The molecule has 1 aliphatic rings. The first kappa shape index (κ1) is 6.02. The van der Waals surface area contributed by atoms with Crippen LogP contribution in [-0.4, -0.2) is 5.78 Å². The lowest BCUT2D eigenvalue weighted by atomic mass is 10.2. The Balaban J connectivity index is 2.72. The summed E-state index contributed by atoms with van der Waals surface area (Å²) < 4.78 is 0. The number of rotatable bonds is 0. The minimum atomic E-state index is 0.0688. The van der Waals surface area contributed by atoms with Crippen LogP contribution in [0.5, 0.6) is 0 Å². The molecule has 0 aromatic carbocycles. The minimum absolute atomic E-state index is 0.0688. The highest BCUT2D eigenvalue weighted by atomic mass is 16.1. The topological polar surface area (TPSA) is 17.1 Å². The fourth-order valence-electron chi connectivity index (χ4n) is 0.626. The van der Waals surface area contributed by atoms with Crippen LogP contribution in [0.25, 0.3) is 0 Å². The number of allylic oxidation sites excluding steroid dienone is 6. The van der Waals surface area contributed by atoms with E-state index in [2.05, 4.69) is 0 Å². The van der Waals surface area contributed by atoms with E-state index in [-0.39, 0.29) is 5.78 Å². The van der Waals surface area contributed by atoms with Crippen molar-refractivity contribution < 1.29 is 4.79 Å². The third-order valence-electron chi connectivity index (χ3n) is 1.06. The van der Waals surface area contributed by atoms with Crippen LogP contribution < -0.4 is 0 Å². The van der Waals surface area contributed by atoms with Gasteiger partial charge in [-0.3, -0.25) is 4.79 Å². The van der Waals surface area contributed by atoms with Crippen molar-refractivity contribution in [2.75, 3.05) is 0 Å². The predicted molar refractivity (Wildman–Crippen MR) is 37.0 cm³/mol. The molecule has 9 heavy (non-hydrogen) atoms. The number of ketones is 1. The monoisotopic (exact) mass is 120 g/mol. The molecule has 0 aromatic rings. The summed E-state index contributed by atoms with van der Waals surface area (Å²) in [7, 11) is 0. The Hall–Kier alpha value is -1.11. The maximum Gasteiger partial charge on any atom is 0.178 e. The molecular formula is C8H8O. The number of carbonyl (C=O) groups excluding carboxylic acids is 1. The Kier molecular flexibility index (Phi) is 2.02. The molecule has 1 aliphatic carbocycles. The zero-order valence-electron chi connectivity index (χ0n) is 5.08. The van der Waals surface area contributed by atoms with Crippen LogP contribution in [0.4, 0.5) is 0 Å². The molecule has 0 atom stereocenters. The van der Waals surface area contributed by atoms with E-state index in [4.69, 9.17) is 0 Å². The summed E-state index contributed by atoms with van der Waals surface area (Å²) >= 11 is 0. The molecule has 0 bridgehead atoms. The summed E-state index contributed by atoms with van der Waals surface area (Å²) in [5, 5.41) is 0. The lowest BCUT2D eigenvalue weighted by molar-refractivity contribution is -0.110. The van der Waals surface area contributed by atoms with Crippen molar-refractivity contribution in [3.63, 3.8) is 0 Å². The first-order valence-corrected chi connectivity index (χ1v) is 2.93.